The number of aliphatic hydroxyl groups excluding tert-OH is 1. The number of hydrogen-bond acceptors (Lipinski definition) is 15. The Morgan fingerprint density at radius 2 is 0.495 bits per heavy atom. The molecule has 4 unspecified atom stereocenters. The molecule has 17 nitrogen and oxygen atoms in total. The largest absolute Gasteiger partial charge is 0.472 e. The second-order valence-electron chi connectivity index (χ2n) is 29.8. The van der Waals surface area contributed by atoms with E-state index in [1.165, 1.54) is 193 Å². The Morgan fingerprint density at radius 3 is 0.732 bits per heavy atom. The van der Waals surface area contributed by atoms with E-state index in [4.69, 9.17) is 37.0 Å². The van der Waals surface area contributed by atoms with Gasteiger partial charge in [0.15, 0.2) is 12.2 Å². The first kappa shape index (κ1) is 95.1. The van der Waals surface area contributed by atoms with Crippen LogP contribution in [0, 0.1) is 23.7 Å². The van der Waals surface area contributed by atoms with E-state index >= 15 is 0 Å². The molecule has 0 saturated carbocycles. The van der Waals surface area contributed by atoms with Crippen molar-refractivity contribution < 1.29 is 80.2 Å². The lowest BCUT2D eigenvalue weighted by Gasteiger charge is -2.21. The van der Waals surface area contributed by atoms with Crippen LogP contribution < -0.4 is 0 Å². The number of aliphatic hydroxyl groups is 1. The highest BCUT2D eigenvalue weighted by molar-refractivity contribution is 7.47. The Balaban J connectivity index is 5.22. The van der Waals surface area contributed by atoms with E-state index in [2.05, 4.69) is 55.4 Å². The Kier molecular flexibility index (Phi) is 65.9. The van der Waals surface area contributed by atoms with E-state index in [1.807, 2.05) is 0 Å². The van der Waals surface area contributed by atoms with Crippen molar-refractivity contribution in [3.05, 3.63) is 0 Å². The Hall–Kier alpha value is -1.94. The maximum absolute atomic E-state index is 13.1. The third-order valence-corrected chi connectivity index (χ3v) is 20.3. The molecule has 0 heterocycles. The molecule has 0 amide bonds. The number of ether oxygens (including phenoxy) is 4. The van der Waals surface area contributed by atoms with Crippen LogP contribution in [-0.2, 0) is 65.4 Å². The van der Waals surface area contributed by atoms with E-state index in [0.717, 1.165) is 114 Å². The SMILES string of the molecule is CCC(C)CCCCCCCCCCCCC(=O)O[C@H](COC(=O)CCCCCCCCCCCCCCCC(C)C)COP(=O)(O)OCC(O)COP(=O)(O)OC[C@@H](COC(=O)CCCCCCCCC(C)C)OC(=O)CCCCCCCCCCCCCCCCCC(C)C. The molecule has 6 atom stereocenters. The quantitative estimate of drug-likeness (QED) is 0.0222. The number of carbonyl (C=O) groups excluding carboxylic acids is 4. The molecule has 0 saturated heterocycles. The highest BCUT2D eigenvalue weighted by atomic mass is 31.2. The molecule has 0 bridgehead atoms. The molecule has 0 aromatic rings. The zero-order chi connectivity index (χ0) is 71.7. The summed E-state index contributed by atoms with van der Waals surface area (Å²) in [6, 6.07) is 0. The molecule has 0 rings (SSSR count). The summed E-state index contributed by atoms with van der Waals surface area (Å²) in [5.74, 6) is 0.957. The normalized spacial score (nSPS) is 14.4. The fourth-order valence-corrected chi connectivity index (χ4v) is 13.5. The molecular formula is C78H152O17P2. The standard InChI is InChI=1S/C78H152O17P2/c1-9-71(8)57-49-41-32-26-22-23-29-35-45-53-61-78(83)94-73(64-88-75(80)58-50-42-33-27-20-17-13-15-19-25-31-39-47-55-69(4)5)66-92-96(84,85)90-62-72(79)63-91-97(86,87)93-67-74(65-89-76(81)59-51-43-37-36-40-48-56-70(6)7)95-77(82)60-52-44-34-28-21-16-12-10-11-14-18-24-30-38-46-54-68(2)3/h68-74,79H,9-67H2,1-8H3,(H,84,85)(H,86,87)/t71?,72?,73-,74-/m1/s1. The Bertz CT molecular complexity index is 1900. The summed E-state index contributed by atoms with van der Waals surface area (Å²) in [6.45, 7) is 14.2. The van der Waals surface area contributed by atoms with Crippen LogP contribution in [0.1, 0.15) is 396 Å². The molecule has 0 aromatic carbocycles. The number of phosphoric ester groups is 2. The summed E-state index contributed by atoms with van der Waals surface area (Å²) in [4.78, 5) is 72.9. The first-order chi connectivity index (χ1) is 46.6. The second-order valence-corrected chi connectivity index (χ2v) is 32.7. The number of phosphoric acid groups is 2. The van der Waals surface area contributed by atoms with Crippen molar-refractivity contribution in [1.82, 2.24) is 0 Å². The van der Waals surface area contributed by atoms with Crippen LogP contribution in [0.25, 0.3) is 0 Å². The van der Waals surface area contributed by atoms with Gasteiger partial charge in [-0.3, -0.25) is 37.3 Å². The van der Waals surface area contributed by atoms with Crippen LogP contribution in [0.15, 0.2) is 0 Å². The molecule has 0 radical (unpaired) electrons. The molecule has 97 heavy (non-hydrogen) atoms. The first-order valence-electron chi connectivity index (χ1n) is 40.2. The van der Waals surface area contributed by atoms with E-state index in [-0.39, 0.29) is 25.7 Å². The fraction of sp³-hybridized carbons (Fsp3) is 0.949. The van der Waals surface area contributed by atoms with Gasteiger partial charge in [0.2, 0.25) is 0 Å². The molecule has 19 heteroatoms. The van der Waals surface area contributed by atoms with Crippen LogP contribution in [0.2, 0.25) is 0 Å². The molecule has 0 spiro atoms. The molecule has 0 aliphatic rings. The Labute approximate surface area is 594 Å². The minimum Gasteiger partial charge on any atom is -0.462 e. The van der Waals surface area contributed by atoms with Gasteiger partial charge in [0, 0.05) is 25.7 Å². The second kappa shape index (κ2) is 67.2. The summed E-state index contributed by atoms with van der Waals surface area (Å²) < 4.78 is 68.6. The third-order valence-electron chi connectivity index (χ3n) is 18.4. The molecule has 0 aliphatic heterocycles. The Morgan fingerprint density at radius 1 is 0.289 bits per heavy atom. The number of esters is 4. The zero-order valence-corrected chi connectivity index (χ0v) is 65.5. The highest BCUT2D eigenvalue weighted by Gasteiger charge is 2.30. The van der Waals surface area contributed by atoms with Crippen molar-refractivity contribution in [3.63, 3.8) is 0 Å². The highest BCUT2D eigenvalue weighted by Crippen LogP contribution is 2.45. The summed E-state index contributed by atoms with van der Waals surface area (Å²) >= 11 is 0. The molecule has 0 aliphatic carbocycles. The van der Waals surface area contributed by atoms with Gasteiger partial charge in [-0.15, -0.1) is 0 Å². The van der Waals surface area contributed by atoms with Gasteiger partial charge in [-0.25, -0.2) is 9.13 Å². The molecule has 3 N–H and O–H groups in total. The molecule has 0 aromatic heterocycles. The van der Waals surface area contributed by atoms with Gasteiger partial charge in [0.1, 0.15) is 19.3 Å². The number of carbonyl (C=O) groups is 4. The van der Waals surface area contributed by atoms with Crippen LogP contribution in [0.4, 0.5) is 0 Å². The first-order valence-corrected chi connectivity index (χ1v) is 43.2. The van der Waals surface area contributed by atoms with Gasteiger partial charge in [0.05, 0.1) is 26.4 Å². The lowest BCUT2D eigenvalue weighted by atomic mass is 9.99. The minimum atomic E-state index is -4.96. The van der Waals surface area contributed by atoms with Crippen molar-refractivity contribution in [3.8, 4) is 0 Å². The monoisotopic (exact) mass is 1420 g/mol. The predicted molar refractivity (Wildman–Crippen MR) is 395 cm³/mol. The van der Waals surface area contributed by atoms with Crippen molar-refractivity contribution in [1.29, 1.82) is 0 Å². The van der Waals surface area contributed by atoms with Crippen molar-refractivity contribution >= 4 is 39.5 Å². The maximum Gasteiger partial charge on any atom is 0.472 e. The number of unbranched alkanes of at least 4 members (excludes halogenated alkanes) is 40. The van der Waals surface area contributed by atoms with Gasteiger partial charge < -0.3 is 33.8 Å². The summed E-state index contributed by atoms with van der Waals surface area (Å²) in [5, 5.41) is 10.6. The molecular weight excluding hydrogens is 1270 g/mol. The van der Waals surface area contributed by atoms with E-state index in [9.17, 15) is 43.2 Å². The summed E-state index contributed by atoms with van der Waals surface area (Å²) in [6.07, 6.45) is 52.8. The number of hydrogen-bond donors (Lipinski definition) is 3. The van der Waals surface area contributed by atoms with Gasteiger partial charge in [-0.2, -0.15) is 0 Å². The molecule has 0 fully saturated rings. The van der Waals surface area contributed by atoms with Crippen LogP contribution in [-0.4, -0.2) is 96.7 Å². The van der Waals surface area contributed by atoms with Gasteiger partial charge in [-0.1, -0.05) is 344 Å². The average molecular weight is 1420 g/mol. The lowest BCUT2D eigenvalue weighted by molar-refractivity contribution is -0.161. The fourth-order valence-electron chi connectivity index (χ4n) is 11.9. The van der Waals surface area contributed by atoms with Crippen molar-refractivity contribution in [2.75, 3.05) is 39.6 Å². The zero-order valence-electron chi connectivity index (χ0n) is 63.7. The van der Waals surface area contributed by atoms with E-state index < -0.39 is 97.5 Å². The smallest absolute Gasteiger partial charge is 0.462 e. The van der Waals surface area contributed by atoms with Gasteiger partial charge in [0.25, 0.3) is 0 Å². The van der Waals surface area contributed by atoms with E-state index in [1.54, 1.807) is 0 Å². The minimum absolute atomic E-state index is 0.106. The molecule has 576 valence electrons. The summed E-state index contributed by atoms with van der Waals surface area (Å²) in [7, 11) is -9.92. The van der Waals surface area contributed by atoms with Crippen LogP contribution >= 0.6 is 15.6 Å². The van der Waals surface area contributed by atoms with Crippen molar-refractivity contribution in [2.24, 2.45) is 23.7 Å². The van der Waals surface area contributed by atoms with Crippen LogP contribution in [0.3, 0.4) is 0 Å². The summed E-state index contributed by atoms with van der Waals surface area (Å²) in [5.41, 5.74) is 0. The third kappa shape index (κ3) is 70.9. The van der Waals surface area contributed by atoms with Gasteiger partial charge in [-0.05, 0) is 49.4 Å². The predicted octanol–water partition coefficient (Wildman–Crippen LogP) is 22.8. The number of rotatable bonds is 75. The van der Waals surface area contributed by atoms with Gasteiger partial charge >= 0.3 is 39.5 Å². The van der Waals surface area contributed by atoms with E-state index in [0.29, 0.717) is 31.6 Å². The lowest BCUT2D eigenvalue weighted by Crippen LogP contribution is -2.30. The maximum atomic E-state index is 13.1. The average Bonchev–Trinajstić information content (AvgIpc) is 1.57. The van der Waals surface area contributed by atoms with Crippen molar-refractivity contribution in [2.45, 2.75) is 414 Å². The van der Waals surface area contributed by atoms with Crippen LogP contribution in [0.5, 0.6) is 0 Å². The topological polar surface area (TPSA) is 237 Å².